The summed E-state index contributed by atoms with van der Waals surface area (Å²) in [5, 5.41) is 14.0. The van der Waals surface area contributed by atoms with E-state index in [-0.39, 0.29) is 17.4 Å². The van der Waals surface area contributed by atoms with E-state index < -0.39 is 0 Å². The number of aryl methyl sites for hydroxylation is 1. The molecule has 0 saturated heterocycles. The Morgan fingerprint density at radius 3 is 2.48 bits per heavy atom. The summed E-state index contributed by atoms with van der Waals surface area (Å²) in [5.74, 6) is 0.166. The molecule has 6 nitrogen and oxygen atoms in total. The first-order valence-corrected chi connectivity index (χ1v) is 8.68. The Balaban J connectivity index is 1.70. The Kier molecular flexibility index (Phi) is 5.56. The van der Waals surface area contributed by atoms with Gasteiger partial charge in [-0.2, -0.15) is 0 Å². The van der Waals surface area contributed by atoms with Crippen molar-refractivity contribution in [1.29, 1.82) is 0 Å². The van der Waals surface area contributed by atoms with E-state index in [9.17, 15) is 9.59 Å². The van der Waals surface area contributed by atoms with Gasteiger partial charge in [-0.3, -0.25) is 9.59 Å². The van der Waals surface area contributed by atoms with Crippen LogP contribution in [0, 0.1) is 0 Å². The largest absolute Gasteiger partial charge is 0.339 e. The van der Waals surface area contributed by atoms with Gasteiger partial charge in [-0.15, -0.1) is 10.2 Å². The fourth-order valence-electron chi connectivity index (χ4n) is 2.62. The molecule has 2 N–H and O–H groups in total. The number of nitrogens with one attached hydrogen (secondary N) is 2. The van der Waals surface area contributed by atoms with Gasteiger partial charge in [-0.25, -0.2) is 0 Å². The van der Waals surface area contributed by atoms with E-state index in [0.29, 0.717) is 11.4 Å². The van der Waals surface area contributed by atoms with Crippen molar-refractivity contribution >= 4 is 28.9 Å². The van der Waals surface area contributed by atoms with Gasteiger partial charge in [0.1, 0.15) is 0 Å². The molecule has 0 atom stereocenters. The summed E-state index contributed by atoms with van der Waals surface area (Å²) >= 11 is 0. The minimum atomic E-state index is -0.312. The normalized spacial score (nSPS) is 10.3. The molecule has 0 saturated carbocycles. The number of rotatable bonds is 6. The zero-order valence-electron chi connectivity index (χ0n) is 15.2. The first-order chi connectivity index (χ1) is 13.1. The summed E-state index contributed by atoms with van der Waals surface area (Å²) in [5.41, 5.74) is 3.39. The molecule has 0 radical (unpaired) electrons. The first-order valence-electron chi connectivity index (χ1n) is 8.68. The van der Waals surface area contributed by atoms with Gasteiger partial charge in [0.2, 0.25) is 0 Å². The van der Waals surface area contributed by atoms with Crippen LogP contribution in [0.3, 0.4) is 0 Å². The number of Topliss-reactive ketones (excluding diaryl/α,β-unsaturated/α-hetero) is 1. The van der Waals surface area contributed by atoms with Crippen LogP contribution >= 0.6 is 0 Å². The number of aromatic nitrogens is 2. The lowest BCUT2D eigenvalue weighted by atomic mass is 10.1. The zero-order chi connectivity index (χ0) is 19.2. The Morgan fingerprint density at radius 1 is 0.963 bits per heavy atom. The van der Waals surface area contributed by atoms with E-state index in [2.05, 4.69) is 20.8 Å². The van der Waals surface area contributed by atoms with Crippen LogP contribution in [-0.2, 0) is 6.42 Å². The van der Waals surface area contributed by atoms with Crippen LogP contribution in [0.25, 0.3) is 0 Å². The lowest BCUT2D eigenvalue weighted by Gasteiger charge is -2.09. The van der Waals surface area contributed by atoms with Crippen molar-refractivity contribution in [2.75, 3.05) is 10.6 Å². The number of amides is 1. The van der Waals surface area contributed by atoms with Crippen LogP contribution in [0.15, 0.2) is 60.7 Å². The van der Waals surface area contributed by atoms with E-state index in [1.165, 1.54) is 6.92 Å². The Bertz CT molecular complexity index is 968. The third-order valence-corrected chi connectivity index (χ3v) is 4.09. The summed E-state index contributed by atoms with van der Waals surface area (Å²) < 4.78 is 0. The summed E-state index contributed by atoms with van der Waals surface area (Å²) in [4.78, 5) is 23.9. The number of carbonyl (C=O) groups is 2. The molecule has 27 heavy (non-hydrogen) atoms. The second-order valence-electron chi connectivity index (χ2n) is 6.03. The summed E-state index contributed by atoms with van der Waals surface area (Å²) in [6.07, 6.45) is 0.824. The minimum Gasteiger partial charge on any atom is -0.339 e. The molecule has 0 aliphatic heterocycles. The highest BCUT2D eigenvalue weighted by Gasteiger charge is 2.11. The van der Waals surface area contributed by atoms with Gasteiger partial charge >= 0.3 is 0 Å². The number of hydrogen-bond acceptors (Lipinski definition) is 5. The molecule has 0 bridgehead atoms. The fraction of sp³-hybridized carbons (Fsp3) is 0.143. The van der Waals surface area contributed by atoms with Crippen molar-refractivity contribution in [1.82, 2.24) is 10.2 Å². The first kappa shape index (κ1) is 18.3. The maximum absolute atomic E-state index is 12.4. The molecule has 3 aromatic rings. The van der Waals surface area contributed by atoms with E-state index in [4.69, 9.17) is 0 Å². The fourth-order valence-corrected chi connectivity index (χ4v) is 2.62. The quantitative estimate of drug-likeness (QED) is 0.643. The van der Waals surface area contributed by atoms with Crippen LogP contribution in [0.4, 0.5) is 17.2 Å². The third-order valence-electron chi connectivity index (χ3n) is 4.09. The monoisotopic (exact) mass is 360 g/mol. The van der Waals surface area contributed by atoms with Crippen molar-refractivity contribution in [2.24, 2.45) is 0 Å². The third kappa shape index (κ3) is 4.55. The molecule has 6 heteroatoms. The van der Waals surface area contributed by atoms with Gasteiger partial charge in [-0.1, -0.05) is 37.3 Å². The predicted octanol–water partition coefficient (Wildman–Crippen LogP) is 4.24. The highest BCUT2D eigenvalue weighted by Crippen LogP contribution is 2.18. The molecule has 0 aliphatic carbocycles. The average Bonchev–Trinajstić information content (AvgIpc) is 2.69. The number of ketones is 1. The molecular formula is C21H20N4O2. The minimum absolute atomic E-state index is 0.0101. The van der Waals surface area contributed by atoms with E-state index in [1.54, 1.807) is 30.3 Å². The van der Waals surface area contributed by atoms with E-state index in [1.807, 2.05) is 37.3 Å². The summed E-state index contributed by atoms with van der Waals surface area (Å²) in [7, 11) is 0. The predicted molar refractivity (Wildman–Crippen MR) is 106 cm³/mol. The maximum atomic E-state index is 12.4. The second-order valence-corrected chi connectivity index (χ2v) is 6.03. The SMILES string of the molecule is CCc1ccccc1NC(=O)c1ccc(Nc2cccc(C(C)=O)c2)nn1. The van der Waals surface area contributed by atoms with Gasteiger partial charge in [0.25, 0.3) is 5.91 Å². The van der Waals surface area contributed by atoms with Crippen molar-refractivity contribution in [3.63, 3.8) is 0 Å². The molecule has 1 heterocycles. The zero-order valence-corrected chi connectivity index (χ0v) is 15.2. The van der Waals surface area contributed by atoms with Gasteiger partial charge in [0, 0.05) is 16.9 Å². The van der Waals surface area contributed by atoms with Gasteiger partial charge in [-0.05, 0) is 49.2 Å². The van der Waals surface area contributed by atoms with Crippen molar-refractivity contribution in [3.8, 4) is 0 Å². The molecule has 3 rings (SSSR count). The average molecular weight is 360 g/mol. The Labute approximate surface area is 157 Å². The molecule has 1 amide bonds. The van der Waals surface area contributed by atoms with Crippen LogP contribution in [-0.4, -0.2) is 21.9 Å². The van der Waals surface area contributed by atoms with Crippen molar-refractivity contribution in [3.05, 3.63) is 77.5 Å². The Hall–Kier alpha value is -3.54. The molecule has 1 aromatic heterocycles. The standard InChI is InChI=1S/C21H20N4O2/c1-3-15-7-4-5-10-18(15)23-21(27)19-11-12-20(25-24-19)22-17-9-6-8-16(13-17)14(2)26/h4-13H,3H2,1-2H3,(H,22,25)(H,23,27). The number of carbonyl (C=O) groups excluding carboxylic acids is 2. The lowest BCUT2D eigenvalue weighted by Crippen LogP contribution is -2.15. The van der Waals surface area contributed by atoms with Crippen LogP contribution < -0.4 is 10.6 Å². The molecule has 0 aliphatic rings. The lowest BCUT2D eigenvalue weighted by molar-refractivity contribution is 0.101. The van der Waals surface area contributed by atoms with E-state index >= 15 is 0 Å². The number of nitrogens with zero attached hydrogens (tertiary/aromatic N) is 2. The van der Waals surface area contributed by atoms with Gasteiger partial charge < -0.3 is 10.6 Å². The molecule has 0 spiro atoms. The van der Waals surface area contributed by atoms with E-state index in [0.717, 1.165) is 23.4 Å². The molecule has 0 fully saturated rings. The Morgan fingerprint density at radius 2 is 1.78 bits per heavy atom. The van der Waals surface area contributed by atoms with Crippen LogP contribution in [0.2, 0.25) is 0 Å². The van der Waals surface area contributed by atoms with Crippen molar-refractivity contribution < 1.29 is 9.59 Å². The molecule has 2 aromatic carbocycles. The number of anilines is 3. The maximum Gasteiger partial charge on any atom is 0.276 e. The number of para-hydroxylation sites is 1. The van der Waals surface area contributed by atoms with Gasteiger partial charge in [0.15, 0.2) is 17.3 Å². The highest BCUT2D eigenvalue weighted by atomic mass is 16.2. The number of hydrogen-bond donors (Lipinski definition) is 2. The van der Waals surface area contributed by atoms with Gasteiger partial charge in [0.05, 0.1) is 0 Å². The summed E-state index contributed by atoms with van der Waals surface area (Å²) in [6.45, 7) is 3.55. The highest BCUT2D eigenvalue weighted by molar-refractivity contribution is 6.03. The molecule has 0 unspecified atom stereocenters. The smallest absolute Gasteiger partial charge is 0.276 e. The number of benzene rings is 2. The topological polar surface area (TPSA) is 84.0 Å². The van der Waals surface area contributed by atoms with Crippen LogP contribution in [0.1, 0.15) is 40.3 Å². The van der Waals surface area contributed by atoms with Crippen LogP contribution in [0.5, 0.6) is 0 Å². The molecular weight excluding hydrogens is 340 g/mol. The van der Waals surface area contributed by atoms with Crippen molar-refractivity contribution in [2.45, 2.75) is 20.3 Å². The second kappa shape index (κ2) is 8.23. The molecule has 136 valence electrons. The summed E-state index contributed by atoms with van der Waals surface area (Å²) in [6, 6.07) is 18.1.